The van der Waals surface area contributed by atoms with Gasteiger partial charge in [-0.2, -0.15) is 0 Å². The number of nitrogens with one attached hydrogen (secondary N) is 1. The molecule has 1 saturated carbocycles. The number of anilines is 2. The molecule has 1 saturated heterocycles. The number of carbonyl (C=O) groups excluding carboxylic acids is 2. The second-order valence-electron chi connectivity index (χ2n) is 7.15. The molecule has 0 bridgehead atoms. The number of hydrogen-bond donors (Lipinski definition) is 1. The topological polar surface area (TPSA) is 89.3 Å². The van der Waals surface area contributed by atoms with Crippen LogP contribution in [0.15, 0.2) is 16.6 Å². The fourth-order valence-corrected chi connectivity index (χ4v) is 4.99. The van der Waals surface area contributed by atoms with Gasteiger partial charge in [0.15, 0.2) is 5.16 Å². The predicted molar refractivity (Wildman–Crippen MR) is 114 cm³/mol. The molecule has 8 nitrogen and oxygen atoms in total. The van der Waals surface area contributed by atoms with Crippen molar-refractivity contribution in [3.63, 3.8) is 0 Å². The van der Waals surface area contributed by atoms with Gasteiger partial charge in [0.25, 0.3) is 0 Å². The van der Waals surface area contributed by atoms with Crippen LogP contribution in [0.5, 0.6) is 0 Å². The Balaban J connectivity index is 1.39. The molecule has 0 radical (unpaired) electrons. The lowest BCUT2D eigenvalue weighted by Gasteiger charge is -2.27. The molecule has 10 heteroatoms. The second-order valence-corrected chi connectivity index (χ2v) is 9.01. The minimum Gasteiger partial charge on any atom is -0.462 e. The summed E-state index contributed by atoms with van der Waals surface area (Å²) in [5, 5.41) is 14.7. The molecule has 29 heavy (non-hydrogen) atoms. The van der Waals surface area contributed by atoms with E-state index in [1.807, 2.05) is 0 Å². The molecule has 0 spiro atoms. The van der Waals surface area contributed by atoms with E-state index in [4.69, 9.17) is 4.74 Å². The zero-order valence-corrected chi connectivity index (χ0v) is 18.1. The molecule has 4 rings (SSSR count). The molecular weight excluding hydrogens is 410 g/mol. The maximum atomic E-state index is 12.5. The van der Waals surface area contributed by atoms with Gasteiger partial charge in [0.05, 0.1) is 17.9 Å². The van der Waals surface area contributed by atoms with Crippen molar-refractivity contribution >= 4 is 45.9 Å². The predicted octanol–water partition coefficient (Wildman–Crippen LogP) is 3.57. The molecule has 1 aliphatic carbocycles. The normalized spacial score (nSPS) is 16.7. The van der Waals surface area contributed by atoms with Gasteiger partial charge in [0.1, 0.15) is 5.00 Å². The van der Waals surface area contributed by atoms with Crippen molar-refractivity contribution in [1.29, 1.82) is 0 Å². The van der Waals surface area contributed by atoms with Gasteiger partial charge in [0, 0.05) is 19.1 Å². The number of thioether (sulfide) groups is 1. The molecule has 2 aromatic heterocycles. The fraction of sp³-hybridized carbons (Fsp3) is 0.579. The molecule has 156 valence electrons. The van der Waals surface area contributed by atoms with Gasteiger partial charge in [-0.25, -0.2) is 4.79 Å². The third kappa shape index (κ3) is 4.75. The molecule has 1 amide bonds. The first-order valence-electron chi connectivity index (χ1n) is 10.0. The van der Waals surface area contributed by atoms with Crippen molar-refractivity contribution in [3.05, 3.63) is 17.0 Å². The molecular formula is C19H25N5O3S2. The van der Waals surface area contributed by atoms with E-state index in [-0.39, 0.29) is 11.7 Å². The number of hydrogen-bond acceptors (Lipinski definition) is 8. The van der Waals surface area contributed by atoms with E-state index in [0.717, 1.165) is 37.0 Å². The lowest BCUT2D eigenvalue weighted by molar-refractivity contribution is -0.113. The summed E-state index contributed by atoms with van der Waals surface area (Å²) in [6.45, 7) is 4.09. The van der Waals surface area contributed by atoms with E-state index >= 15 is 0 Å². The summed E-state index contributed by atoms with van der Waals surface area (Å²) >= 11 is 2.71. The average molecular weight is 436 g/mol. The summed E-state index contributed by atoms with van der Waals surface area (Å²) in [4.78, 5) is 26.8. The zero-order valence-electron chi connectivity index (χ0n) is 16.4. The van der Waals surface area contributed by atoms with Crippen LogP contribution in [0, 0.1) is 0 Å². The van der Waals surface area contributed by atoms with E-state index < -0.39 is 5.97 Å². The highest BCUT2D eigenvalue weighted by molar-refractivity contribution is 7.99. The maximum absolute atomic E-state index is 12.5. The monoisotopic (exact) mass is 435 g/mol. The van der Waals surface area contributed by atoms with E-state index in [1.165, 1.54) is 42.4 Å². The van der Waals surface area contributed by atoms with Gasteiger partial charge < -0.3 is 15.0 Å². The van der Waals surface area contributed by atoms with Gasteiger partial charge in [0.2, 0.25) is 11.9 Å². The number of piperidine rings is 1. The van der Waals surface area contributed by atoms with Gasteiger partial charge in [-0.3, -0.25) is 9.36 Å². The fourth-order valence-electron chi connectivity index (χ4n) is 3.40. The molecule has 1 aliphatic heterocycles. The van der Waals surface area contributed by atoms with Gasteiger partial charge in [-0.1, -0.05) is 11.8 Å². The van der Waals surface area contributed by atoms with E-state index in [0.29, 0.717) is 23.2 Å². The lowest BCUT2D eigenvalue weighted by atomic mass is 10.1. The van der Waals surface area contributed by atoms with E-state index in [2.05, 4.69) is 25.0 Å². The van der Waals surface area contributed by atoms with Crippen molar-refractivity contribution < 1.29 is 14.3 Å². The Morgan fingerprint density at radius 3 is 2.79 bits per heavy atom. The Morgan fingerprint density at radius 2 is 2.07 bits per heavy atom. The Kier molecular flexibility index (Phi) is 6.39. The molecule has 2 aliphatic rings. The summed E-state index contributed by atoms with van der Waals surface area (Å²) in [7, 11) is 0. The van der Waals surface area contributed by atoms with Gasteiger partial charge >= 0.3 is 5.97 Å². The highest BCUT2D eigenvalue weighted by atomic mass is 32.2. The Bertz CT molecular complexity index is 871. The molecule has 2 fully saturated rings. The SMILES string of the molecule is CCOC(=O)c1ccsc1NC(=O)CSc1nnc(N2CCCCC2)n1C1CC1. The summed E-state index contributed by atoms with van der Waals surface area (Å²) < 4.78 is 7.24. The average Bonchev–Trinajstić information content (AvgIpc) is 3.31. The molecule has 0 atom stereocenters. The summed E-state index contributed by atoms with van der Waals surface area (Å²) in [6, 6.07) is 2.11. The van der Waals surface area contributed by atoms with Crippen LogP contribution in [0.1, 0.15) is 55.4 Å². The van der Waals surface area contributed by atoms with E-state index in [1.54, 1.807) is 18.4 Å². The number of thiophene rings is 1. The first-order chi connectivity index (χ1) is 14.2. The Morgan fingerprint density at radius 1 is 1.28 bits per heavy atom. The van der Waals surface area contributed by atoms with Crippen molar-refractivity contribution in [2.45, 2.75) is 50.2 Å². The van der Waals surface area contributed by atoms with Crippen LogP contribution in [-0.2, 0) is 9.53 Å². The third-order valence-electron chi connectivity index (χ3n) is 4.94. The van der Waals surface area contributed by atoms with Crippen molar-refractivity contribution in [3.8, 4) is 0 Å². The summed E-state index contributed by atoms with van der Waals surface area (Å²) in [5.41, 5.74) is 0.392. The first-order valence-corrected chi connectivity index (χ1v) is 11.9. The quantitative estimate of drug-likeness (QED) is 0.501. The van der Waals surface area contributed by atoms with Crippen LogP contribution >= 0.6 is 23.1 Å². The maximum Gasteiger partial charge on any atom is 0.341 e. The van der Waals surface area contributed by atoms with Crippen LogP contribution < -0.4 is 10.2 Å². The number of rotatable bonds is 8. The number of esters is 1. The number of nitrogens with zero attached hydrogens (tertiary/aromatic N) is 4. The Hall–Kier alpha value is -2.07. The van der Waals surface area contributed by atoms with Crippen LogP contribution in [-0.4, -0.2) is 52.1 Å². The highest BCUT2D eigenvalue weighted by Crippen LogP contribution is 2.41. The van der Waals surface area contributed by atoms with Crippen LogP contribution in [0.2, 0.25) is 0 Å². The minimum absolute atomic E-state index is 0.173. The molecule has 2 aromatic rings. The van der Waals surface area contributed by atoms with Crippen molar-refractivity contribution in [2.75, 3.05) is 35.7 Å². The smallest absolute Gasteiger partial charge is 0.341 e. The number of amides is 1. The second kappa shape index (κ2) is 9.17. The molecule has 1 N–H and O–H groups in total. The van der Waals surface area contributed by atoms with Crippen LogP contribution in [0.3, 0.4) is 0 Å². The highest BCUT2D eigenvalue weighted by Gasteiger charge is 2.32. The van der Waals surface area contributed by atoms with Crippen LogP contribution in [0.4, 0.5) is 10.9 Å². The van der Waals surface area contributed by atoms with E-state index in [9.17, 15) is 9.59 Å². The molecule has 0 unspecified atom stereocenters. The standard InChI is InChI=1S/C19H25N5O3S2/c1-2-27-17(26)14-8-11-28-16(14)20-15(25)12-29-19-22-21-18(24(19)13-6-7-13)23-9-4-3-5-10-23/h8,11,13H,2-7,9-10,12H2,1H3,(H,20,25). The van der Waals surface area contributed by atoms with Gasteiger partial charge in [-0.05, 0) is 50.5 Å². The van der Waals surface area contributed by atoms with Crippen LogP contribution in [0.25, 0.3) is 0 Å². The number of carbonyl (C=O) groups is 2. The molecule has 3 heterocycles. The third-order valence-corrected chi connectivity index (χ3v) is 6.72. The Labute approximate surface area is 178 Å². The van der Waals surface area contributed by atoms with Crippen molar-refractivity contribution in [2.24, 2.45) is 0 Å². The lowest BCUT2D eigenvalue weighted by Crippen LogP contribution is -2.32. The minimum atomic E-state index is -0.420. The molecule has 0 aromatic carbocycles. The number of ether oxygens (including phenoxy) is 1. The first kappa shape index (κ1) is 20.2. The van der Waals surface area contributed by atoms with Gasteiger partial charge in [-0.15, -0.1) is 21.5 Å². The number of aromatic nitrogens is 3. The largest absolute Gasteiger partial charge is 0.462 e. The summed E-state index contributed by atoms with van der Waals surface area (Å²) in [6.07, 6.45) is 5.91. The van der Waals surface area contributed by atoms with Crippen molar-refractivity contribution in [1.82, 2.24) is 14.8 Å². The zero-order chi connectivity index (χ0) is 20.2. The summed E-state index contributed by atoms with van der Waals surface area (Å²) in [5.74, 6) is 0.563.